The minimum absolute atomic E-state index is 0.346. The van der Waals surface area contributed by atoms with E-state index >= 15 is 0 Å². The molecule has 1 atom stereocenters. The maximum absolute atomic E-state index is 5.96. The maximum Gasteiger partial charge on any atom is 0.120 e. The molecule has 1 unspecified atom stereocenters. The third kappa shape index (κ3) is 5.92. The van der Waals surface area contributed by atoms with E-state index in [1.807, 2.05) is 38.1 Å². The molecule has 0 saturated heterocycles. The zero-order valence-electron chi connectivity index (χ0n) is 17.5. The molecule has 0 aliphatic rings. The molecule has 1 aromatic heterocycles. The number of nitrogens with zero attached hydrogens (tertiary/aromatic N) is 1. The van der Waals surface area contributed by atoms with E-state index in [0.29, 0.717) is 12.6 Å². The molecular formula is C26H28N2O. The number of H-pyrrole nitrogens is 1. The van der Waals surface area contributed by atoms with Crippen molar-refractivity contribution in [3.8, 4) is 29.4 Å². The van der Waals surface area contributed by atoms with Crippen LogP contribution in [-0.2, 0) is 13.0 Å². The zero-order chi connectivity index (χ0) is 20.5. The lowest BCUT2D eigenvalue weighted by Gasteiger charge is -2.24. The number of aromatic nitrogens is 1. The molecule has 0 spiro atoms. The van der Waals surface area contributed by atoms with Crippen LogP contribution in [0.15, 0.2) is 54.6 Å². The van der Waals surface area contributed by atoms with Gasteiger partial charge in [0.15, 0.2) is 0 Å². The topological polar surface area (TPSA) is 28.3 Å². The Morgan fingerprint density at radius 3 is 2.38 bits per heavy atom. The second-order valence-corrected chi connectivity index (χ2v) is 7.13. The van der Waals surface area contributed by atoms with Gasteiger partial charge in [-0.1, -0.05) is 42.2 Å². The molecule has 3 heteroatoms. The van der Waals surface area contributed by atoms with Gasteiger partial charge in [0.2, 0.25) is 0 Å². The highest BCUT2D eigenvalue weighted by molar-refractivity contribution is 5.82. The third-order valence-electron chi connectivity index (χ3n) is 4.95. The first-order chi connectivity index (χ1) is 14.2. The molecule has 0 aliphatic carbocycles. The lowest BCUT2D eigenvalue weighted by atomic mass is 10.1. The van der Waals surface area contributed by atoms with Crippen LogP contribution in [0.2, 0.25) is 0 Å². The fraction of sp³-hybridized carbons (Fsp3) is 0.308. The number of aromatic amines is 1. The number of benzene rings is 2. The van der Waals surface area contributed by atoms with Crippen LogP contribution in [0.5, 0.6) is 5.75 Å². The van der Waals surface area contributed by atoms with E-state index in [4.69, 9.17) is 4.74 Å². The number of nitrogens with one attached hydrogen (secondary N) is 1. The zero-order valence-corrected chi connectivity index (χ0v) is 17.5. The molecule has 1 heterocycles. The Hall–Kier alpha value is -3.14. The predicted octanol–water partition coefficient (Wildman–Crippen LogP) is 5.03. The standard InChI is InChI=1S/C26H28N2O/c1-4-6-15-28(16-7-5-2)21(3)17-24-18-23-19-25(13-14-26(23)27-24)29-20-22-11-9-8-10-12-22/h8-14,18-19,21,27H,15-17,20H2,1-3H3. The van der Waals surface area contributed by atoms with Gasteiger partial charge in [0.05, 0.1) is 13.1 Å². The Morgan fingerprint density at radius 1 is 0.966 bits per heavy atom. The molecule has 0 bridgehead atoms. The molecule has 29 heavy (non-hydrogen) atoms. The summed E-state index contributed by atoms with van der Waals surface area (Å²) in [6.45, 7) is 8.04. The van der Waals surface area contributed by atoms with E-state index in [-0.39, 0.29) is 0 Å². The summed E-state index contributed by atoms with van der Waals surface area (Å²) in [4.78, 5) is 5.85. The van der Waals surface area contributed by atoms with Gasteiger partial charge in [-0.05, 0) is 50.6 Å². The lowest BCUT2D eigenvalue weighted by molar-refractivity contribution is 0.261. The second kappa shape index (κ2) is 10.4. The lowest BCUT2D eigenvalue weighted by Crippen LogP contribution is -2.35. The smallest absolute Gasteiger partial charge is 0.120 e. The van der Waals surface area contributed by atoms with Gasteiger partial charge in [-0.2, -0.15) is 0 Å². The third-order valence-corrected chi connectivity index (χ3v) is 4.95. The first kappa shape index (κ1) is 20.6. The van der Waals surface area contributed by atoms with E-state index in [1.165, 1.54) is 16.6 Å². The Kier molecular flexibility index (Phi) is 7.40. The van der Waals surface area contributed by atoms with Crippen LogP contribution < -0.4 is 4.74 Å². The Morgan fingerprint density at radius 2 is 1.69 bits per heavy atom. The second-order valence-electron chi connectivity index (χ2n) is 7.13. The van der Waals surface area contributed by atoms with Gasteiger partial charge < -0.3 is 9.72 Å². The van der Waals surface area contributed by atoms with Crippen LogP contribution in [0.3, 0.4) is 0 Å². The van der Waals surface area contributed by atoms with E-state index in [1.54, 1.807) is 0 Å². The minimum atomic E-state index is 0.346. The molecule has 0 fully saturated rings. The van der Waals surface area contributed by atoms with Gasteiger partial charge >= 0.3 is 0 Å². The molecule has 3 aromatic rings. The summed E-state index contributed by atoms with van der Waals surface area (Å²) in [5.41, 5.74) is 3.51. The first-order valence-corrected chi connectivity index (χ1v) is 10.0. The van der Waals surface area contributed by atoms with Crippen molar-refractivity contribution in [3.05, 3.63) is 65.9 Å². The van der Waals surface area contributed by atoms with Crippen LogP contribution in [-0.4, -0.2) is 29.0 Å². The van der Waals surface area contributed by atoms with E-state index in [9.17, 15) is 0 Å². The summed E-state index contributed by atoms with van der Waals surface area (Å²) < 4.78 is 5.96. The maximum atomic E-state index is 5.96. The van der Waals surface area contributed by atoms with Crippen LogP contribution in [0.4, 0.5) is 0 Å². The molecule has 3 rings (SSSR count). The van der Waals surface area contributed by atoms with Crippen LogP contribution >= 0.6 is 0 Å². The summed E-state index contributed by atoms with van der Waals surface area (Å²) in [5.74, 6) is 13.2. The molecule has 2 aromatic carbocycles. The summed E-state index contributed by atoms with van der Waals surface area (Å²) in [6, 6.07) is 19.0. The minimum Gasteiger partial charge on any atom is -0.489 e. The largest absolute Gasteiger partial charge is 0.489 e. The average Bonchev–Trinajstić information content (AvgIpc) is 3.14. The van der Waals surface area contributed by atoms with Gasteiger partial charge in [-0.3, -0.25) is 4.90 Å². The van der Waals surface area contributed by atoms with E-state index in [0.717, 1.165) is 30.8 Å². The highest BCUT2D eigenvalue weighted by Crippen LogP contribution is 2.23. The molecular weight excluding hydrogens is 356 g/mol. The fourth-order valence-corrected chi connectivity index (χ4v) is 3.29. The normalized spacial score (nSPS) is 11.4. The van der Waals surface area contributed by atoms with Crippen molar-refractivity contribution in [2.45, 2.75) is 39.8 Å². The van der Waals surface area contributed by atoms with Crippen molar-refractivity contribution in [2.75, 3.05) is 13.1 Å². The molecule has 0 radical (unpaired) electrons. The molecule has 3 nitrogen and oxygen atoms in total. The van der Waals surface area contributed by atoms with Gasteiger partial charge in [0, 0.05) is 29.1 Å². The number of hydrogen-bond acceptors (Lipinski definition) is 2. The van der Waals surface area contributed by atoms with Crippen molar-refractivity contribution in [1.29, 1.82) is 0 Å². The van der Waals surface area contributed by atoms with Crippen LogP contribution in [0.25, 0.3) is 10.9 Å². The van der Waals surface area contributed by atoms with Crippen molar-refractivity contribution < 1.29 is 4.74 Å². The van der Waals surface area contributed by atoms with E-state index in [2.05, 4.69) is 70.8 Å². The van der Waals surface area contributed by atoms with Crippen molar-refractivity contribution >= 4 is 10.9 Å². The quantitative estimate of drug-likeness (QED) is 0.552. The van der Waals surface area contributed by atoms with Crippen molar-refractivity contribution in [1.82, 2.24) is 9.88 Å². The molecule has 0 saturated carbocycles. The number of fused-ring (bicyclic) bond motifs is 1. The average molecular weight is 385 g/mol. The predicted molar refractivity (Wildman–Crippen MR) is 121 cm³/mol. The summed E-state index contributed by atoms with van der Waals surface area (Å²) in [5, 5.41) is 1.17. The van der Waals surface area contributed by atoms with Gasteiger partial charge in [0.25, 0.3) is 0 Å². The van der Waals surface area contributed by atoms with Crippen molar-refractivity contribution in [2.24, 2.45) is 0 Å². The number of hydrogen-bond donors (Lipinski definition) is 1. The van der Waals surface area contributed by atoms with Crippen LogP contribution in [0, 0.1) is 23.7 Å². The Bertz CT molecular complexity index is 1020. The summed E-state index contributed by atoms with van der Waals surface area (Å²) >= 11 is 0. The molecule has 0 aliphatic heterocycles. The first-order valence-electron chi connectivity index (χ1n) is 10.0. The van der Waals surface area contributed by atoms with Gasteiger partial charge in [-0.15, -0.1) is 11.8 Å². The fourth-order valence-electron chi connectivity index (χ4n) is 3.29. The SMILES string of the molecule is CC#CCN(CC#CC)C(C)Cc1cc2cc(OCc3ccccc3)ccc2[nH]1. The molecule has 0 amide bonds. The van der Waals surface area contributed by atoms with Crippen LogP contribution in [0.1, 0.15) is 32.0 Å². The van der Waals surface area contributed by atoms with Gasteiger partial charge in [0.1, 0.15) is 12.4 Å². The highest BCUT2D eigenvalue weighted by Gasteiger charge is 2.14. The molecule has 148 valence electrons. The Labute approximate surface area is 174 Å². The summed E-state index contributed by atoms with van der Waals surface area (Å²) in [7, 11) is 0. The molecule has 1 N–H and O–H groups in total. The monoisotopic (exact) mass is 384 g/mol. The highest BCUT2D eigenvalue weighted by atomic mass is 16.5. The van der Waals surface area contributed by atoms with Crippen molar-refractivity contribution in [3.63, 3.8) is 0 Å². The number of rotatable bonds is 8. The van der Waals surface area contributed by atoms with Gasteiger partial charge in [-0.25, -0.2) is 0 Å². The summed E-state index contributed by atoms with van der Waals surface area (Å²) in [6.07, 6.45) is 0.922. The number of ether oxygens (including phenoxy) is 1. The van der Waals surface area contributed by atoms with E-state index < -0.39 is 0 Å². The Balaban J connectivity index is 1.67.